The molecule has 0 bridgehead atoms. The highest BCUT2D eigenvalue weighted by atomic mass is 17.4. The summed E-state index contributed by atoms with van der Waals surface area (Å²) >= 11 is 0. The number of ether oxygens (including phenoxy) is 1. The van der Waals surface area contributed by atoms with Gasteiger partial charge in [0.1, 0.15) is 0 Å². The van der Waals surface area contributed by atoms with E-state index in [-0.39, 0.29) is 5.97 Å². The first-order valence-electron chi connectivity index (χ1n) is 6.65. The molecule has 0 unspecified atom stereocenters. The Hall–Kier alpha value is -0.610. The molecule has 1 rings (SSSR count). The molecule has 0 aliphatic carbocycles. The largest absolute Gasteiger partial charge is 0.462 e. The number of carbonyl (C=O) groups excluding carboxylic acids is 1. The van der Waals surface area contributed by atoms with Crippen LogP contribution in [0.2, 0.25) is 0 Å². The first-order valence-corrected chi connectivity index (χ1v) is 6.65. The van der Waals surface area contributed by atoms with Gasteiger partial charge in [0, 0.05) is 6.42 Å². The van der Waals surface area contributed by atoms with E-state index in [0.717, 1.165) is 25.7 Å². The van der Waals surface area contributed by atoms with Gasteiger partial charge in [0.2, 0.25) is 0 Å². The summed E-state index contributed by atoms with van der Waals surface area (Å²) in [6, 6.07) is 0. The van der Waals surface area contributed by atoms with Gasteiger partial charge in [-0.1, -0.05) is 40.0 Å². The zero-order valence-corrected chi connectivity index (χ0v) is 11.2. The Morgan fingerprint density at radius 1 is 1.24 bits per heavy atom. The number of esters is 1. The van der Waals surface area contributed by atoms with Crippen molar-refractivity contribution in [1.29, 1.82) is 0 Å². The molecular weight excluding hydrogens is 220 g/mol. The SMILES string of the molecule is CCCCOC(=O)C1(CCCCC(C)C)OO1. The van der Waals surface area contributed by atoms with Crippen molar-refractivity contribution in [3.05, 3.63) is 0 Å². The van der Waals surface area contributed by atoms with E-state index in [4.69, 9.17) is 14.5 Å². The fourth-order valence-electron chi connectivity index (χ4n) is 1.63. The zero-order chi connectivity index (χ0) is 12.7. The van der Waals surface area contributed by atoms with Gasteiger partial charge in [-0.25, -0.2) is 4.79 Å². The lowest BCUT2D eigenvalue weighted by molar-refractivity contribution is -0.151. The summed E-state index contributed by atoms with van der Waals surface area (Å²) in [5, 5.41) is 0. The molecule has 17 heavy (non-hydrogen) atoms. The highest BCUT2D eigenvalue weighted by Gasteiger charge is 2.57. The summed E-state index contributed by atoms with van der Waals surface area (Å²) in [6.07, 6.45) is 5.69. The number of hydrogen-bond acceptors (Lipinski definition) is 4. The van der Waals surface area contributed by atoms with Gasteiger partial charge >= 0.3 is 11.8 Å². The van der Waals surface area contributed by atoms with E-state index in [1.165, 1.54) is 6.42 Å². The molecule has 1 aliphatic heterocycles. The van der Waals surface area contributed by atoms with Crippen LogP contribution < -0.4 is 0 Å². The number of carbonyl (C=O) groups is 1. The maximum atomic E-state index is 11.7. The number of rotatable bonds is 9. The molecule has 1 heterocycles. The van der Waals surface area contributed by atoms with Crippen LogP contribution in [-0.4, -0.2) is 18.4 Å². The number of hydrogen-bond donors (Lipinski definition) is 0. The lowest BCUT2D eigenvalue weighted by atomic mass is 10.0. The van der Waals surface area contributed by atoms with E-state index in [1.807, 2.05) is 0 Å². The Kier molecular flexibility index (Phi) is 5.92. The lowest BCUT2D eigenvalue weighted by Gasteiger charge is -2.08. The third-order valence-corrected chi connectivity index (χ3v) is 2.86. The van der Waals surface area contributed by atoms with Gasteiger partial charge in [0.05, 0.1) is 6.61 Å². The molecule has 0 aromatic heterocycles. The van der Waals surface area contributed by atoms with Crippen molar-refractivity contribution < 1.29 is 19.3 Å². The third-order valence-electron chi connectivity index (χ3n) is 2.86. The minimum atomic E-state index is -1.06. The normalized spacial score (nSPS) is 17.2. The molecule has 4 nitrogen and oxygen atoms in total. The van der Waals surface area contributed by atoms with E-state index in [1.54, 1.807) is 0 Å². The van der Waals surface area contributed by atoms with Crippen LogP contribution >= 0.6 is 0 Å². The molecule has 0 radical (unpaired) electrons. The van der Waals surface area contributed by atoms with Crippen LogP contribution in [0.1, 0.15) is 59.3 Å². The van der Waals surface area contributed by atoms with Crippen LogP contribution in [0, 0.1) is 5.92 Å². The first-order chi connectivity index (χ1) is 8.10. The van der Waals surface area contributed by atoms with Crippen LogP contribution in [0.4, 0.5) is 0 Å². The molecule has 0 N–H and O–H groups in total. The molecule has 100 valence electrons. The fraction of sp³-hybridized carbons (Fsp3) is 0.923. The Bertz CT molecular complexity index is 234. The maximum Gasteiger partial charge on any atom is 0.372 e. The second kappa shape index (κ2) is 6.97. The minimum Gasteiger partial charge on any atom is -0.462 e. The molecule has 0 amide bonds. The average molecular weight is 244 g/mol. The van der Waals surface area contributed by atoms with Gasteiger partial charge in [-0.05, 0) is 18.8 Å². The third kappa shape index (κ3) is 5.04. The highest BCUT2D eigenvalue weighted by Crippen LogP contribution is 2.36. The average Bonchev–Trinajstić information content (AvgIpc) is 3.06. The molecule has 0 atom stereocenters. The summed E-state index contributed by atoms with van der Waals surface area (Å²) in [6.45, 7) is 6.90. The predicted molar refractivity (Wildman–Crippen MR) is 64.1 cm³/mol. The fourth-order valence-corrected chi connectivity index (χ4v) is 1.63. The standard InChI is InChI=1S/C13H24O4/c1-4-5-10-15-12(14)13(16-17-13)9-7-6-8-11(2)3/h11H,4-10H2,1-3H3. The van der Waals surface area contributed by atoms with Gasteiger partial charge in [-0.2, -0.15) is 9.78 Å². The van der Waals surface area contributed by atoms with Crippen molar-refractivity contribution in [1.82, 2.24) is 0 Å². The topological polar surface area (TPSA) is 51.4 Å². The van der Waals surface area contributed by atoms with E-state index in [2.05, 4.69) is 20.8 Å². The van der Waals surface area contributed by atoms with E-state index < -0.39 is 5.79 Å². The molecule has 0 saturated carbocycles. The van der Waals surface area contributed by atoms with Gasteiger partial charge < -0.3 is 4.74 Å². The summed E-state index contributed by atoms with van der Waals surface area (Å²) in [5.74, 6) is -0.732. The maximum absolute atomic E-state index is 11.7. The van der Waals surface area contributed by atoms with Crippen molar-refractivity contribution in [2.45, 2.75) is 65.1 Å². The van der Waals surface area contributed by atoms with Crippen molar-refractivity contribution in [2.75, 3.05) is 6.61 Å². The predicted octanol–water partition coefficient (Wildman–Crippen LogP) is 3.20. The first kappa shape index (κ1) is 14.5. The molecule has 1 aliphatic rings. The van der Waals surface area contributed by atoms with Crippen molar-refractivity contribution in [3.8, 4) is 0 Å². The smallest absolute Gasteiger partial charge is 0.372 e. The van der Waals surface area contributed by atoms with E-state index in [0.29, 0.717) is 18.9 Å². The zero-order valence-electron chi connectivity index (χ0n) is 11.2. The highest BCUT2D eigenvalue weighted by molar-refractivity contribution is 5.79. The molecule has 1 saturated heterocycles. The minimum absolute atomic E-state index is 0.365. The molecule has 4 heteroatoms. The molecule has 0 aromatic carbocycles. The lowest BCUT2D eigenvalue weighted by Crippen LogP contribution is -2.27. The van der Waals surface area contributed by atoms with Crippen LogP contribution in [0.25, 0.3) is 0 Å². The summed E-state index contributed by atoms with van der Waals surface area (Å²) < 4.78 is 5.10. The van der Waals surface area contributed by atoms with Gasteiger partial charge in [0.15, 0.2) is 0 Å². The summed E-state index contributed by atoms with van der Waals surface area (Å²) in [7, 11) is 0. The van der Waals surface area contributed by atoms with Gasteiger partial charge in [-0.3, -0.25) is 0 Å². The van der Waals surface area contributed by atoms with Crippen LogP contribution in [0.3, 0.4) is 0 Å². The molecule has 0 aromatic rings. The van der Waals surface area contributed by atoms with Crippen molar-refractivity contribution >= 4 is 5.97 Å². The number of unbranched alkanes of at least 4 members (excludes halogenated alkanes) is 2. The van der Waals surface area contributed by atoms with Crippen molar-refractivity contribution in [2.24, 2.45) is 5.92 Å². The molecule has 1 fully saturated rings. The van der Waals surface area contributed by atoms with E-state index >= 15 is 0 Å². The van der Waals surface area contributed by atoms with Gasteiger partial charge in [-0.15, -0.1) is 0 Å². The molecule has 0 spiro atoms. The van der Waals surface area contributed by atoms with E-state index in [9.17, 15) is 4.79 Å². The Morgan fingerprint density at radius 3 is 2.47 bits per heavy atom. The second-order valence-corrected chi connectivity index (χ2v) is 5.05. The van der Waals surface area contributed by atoms with Crippen LogP contribution in [0.15, 0.2) is 0 Å². The Labute approximate surface area is 104 Å². The Balaban J connectivity index is 2.15. The quantitative estimate of drug-likeness (QED) is 0.270. The molecular formula is C13H24O4. The van der Waals surface area contributed by atoms with Crippen molar-refractivity contribution in [3.63, 3.8) is 0 Å². The summed E-state index contributed by atoms with van der Waals surface area (Å²) in [4.78, 5) is 21.3. The Morgan fingerprint density at radius 2 is 1.94 bits per heavy atom. The second-order valence-electron chi connectivity index (χ2n) is 5.05. The van der Waals surface area contributed by atoms with Gasteiger partial charge in [0.25, 0.3) is 0 Å². The van der Waals surface area contributed by atoms with Crippen LogP contribution in [-0.2, 0) is 19.3 Å². The monoisotopic (exact) mass is 244 g/mol. The van der Waals surface area contributed by atoms with Crippen LogP contribution in [0.5, 0.6) is 0 Å². The summed E-state index contributed by atoms with van der Waals surface area (Å²) in [5.41, 5.74) is 0.